The molecule has 1 amide bonds. The first kappa shape index (κ1) is 13.0. The first-order valence-corrected chi connectivity index (χ1v) is 6.32. The van der Waals surface area contributed by atoms with Gasteiger partial charge in [0.2, 0.25) is 5.91 Å². The minimum absolute atomic E-state index is 0.0916. The van der Waals surface area contributed by atoms with E-state index < -0.39 is 6.10 Å². The molecule has 0 heterocycles. The largest absolute Gasteiger partial charge is 0.369 e. The highest BCUT2D eigenvalue weighted by Crippen LogP contribution is 2.32. The van der Waals surface area contributed by atoms with Crippen molar-refractivity contribution in [1.82, 2.24) is 5.32 Å². The van der Waals surface area contributed by atoms with Crippen LogP contribution in [-0.2, 0) is 16.0 Å². The van der Waals surface area contributed by atoms with Gasteiger partial charge in [-0.1, -0.05) is 12.1 Å². The van der Waals surface area contributed by atoms with Crippen molar-refractivity contribution in [3.05, 3.63) is 35.1 Å². The predicted molar refractivity (Wildman–Crippen MR) is 66.7 cm³/mol. The Balaban J connectivity index is 2.06. The summed E-state index contributed by atoms with van der Waals surface area (Å²) < 4.78 is 18.8. The SMILES string of the molecule is CCO[C@@H](C)C(=O)N[C@H]1CCc2c(F)cccc21. The molecule has 0 saturated carbocycles. The zero-order valence-corrected chi connectivity index (χ0v) is 10.7. The van der Waals surface area contributed by atoms with Gasteiger partial charge in [-0.15, -0.1) is 0 Å². The molecule has 1 aromatic rings. The van der Waals surface area contributed by atoms with E-state index in [2.05, 4.69) is 5.32 Å². The molecule has 3 nitrogen and oxygen atoms in total. The second kappa shape index (κ2) is 5.48. The van der Waals surface area contributed by atoms with Crippen molar-refractivity contribution in [2.45, 2.75) is 38.8 Å². The van der Waals surface area contributed by atoms with Crippen LogP contribution in [0, 0.1) is 5.82 Å². The standard InChI is InChI=1S/C14H18FNO2/c1-3-18-9(2)14(17)16-13-8-7-10-11(13)5-4-6-12(10)15/h4-6,9,13H,3,7-8H2,1-2H3,(H,16,17)/t9-,13-/m0/s1. The molecule has 2 atom stereocenters. The highest BCUT2D eigenvalue weighted by molar-refractivity contribution is 5.81. The summed E-state index contributed by atoms with van der Waals surface area (Å²) in [4.78, 5) is 11.9. The summed E-state index contributed by atoms with van der Waals surface area (Å²) in [6.07, 6.45) is 0.962. The molecule has 0 aromatic heterocycles. The summed E-state index contributed by atoms with van der Waals surface area (Å²) in [7, 11) is 0. The van der Waals surface area contributed by atoms with E-state index in [0.29, 0.717) is 13.0 Å². The summed E-state index contributed by atoms with van der Waals surface area (Å²) in [5, 5.41) is 2.92. The molecule has 18 heavy (non-hydrogen) atoms. The predicted octanol–water partition coefficient (Wildman–Crippen LogP) is 2.35. The van der Waals surface area contributed by atoms with Crippen LogP contribution < -0.4 is 5.32 Å². The highest BCUT2D eigenvalue weighted by atomic mass is 19.1. The average Bonchev–Trinajstić information content (AvgIpc) is 2.74. The van der Waals surface area contributed by atoms with Crippen molar-refractivity contribution < 1.29 is 13.9 Å². The maximum atomic E-state index is 13.5. The van der Waals surface area contributed by atoms with Crippen LogP contribution in [0.3, 0.4) is 0 Å². The molecule has 2 rings (SSSR count). The maximum absolute atomic E-state index is 13.5. The monoisotopic (exact) mass is 251 g/mol. The van der Waals surface area contributed by atoms with Gasteiger partial charge in [0, 0.05) is 6.61 Å². The lowest BCUT2D eigenvalue weighted by molar-refractivity contribution is -0.132. The van der Waals surface area contributed by atoms with Gasteiger partial charge in [0.15, 0.2) is 0 Å². The van der Waals surface area contributed by atoms with E-state index in [9.17, 15) is 9.18 Å². The van der Waals surface area contributed by atoms with Crippen LogP contribution in [0.15, 0.2) is 18.2 Å². The average molecular weight is 251 g/mol. The Morgan fingerprint density at radius 1 is 1.61 bits per heavy atom. The molecule has 0 unspecified atom stereocenters. The number of ether oxygens (including phenoxy) is 1. The number of nitrogens with one attached hydrogen (secondary N) is 1. The third kappa shape index (κ3) is 2.53. The number of hydrogen-bond donors (Lipinski definition) is 1. The number of halogens is 1. The van der Waals surface area contributed by atoms with Gasteiger partial charge in [-0.2, -0.15) is 0 Å². The third-order valence-electron chi connectivity index (χ3n) is 3.32. The molecule has 0 spiro atoms. The Morgan fingerprint density at radius 2 is 2.39 bits per heavy atom. The van der Waals surface area contributed by atoms with Gasteiger partial charge in [0.05, 0.1) is 6.04 Å². The van der Waals surface area contributed by atoms with E-state index in [4.69, 9.17) is 4.74 Å². The molecule has 0 radical (unpaired) electrons. The van der Waals surface area contributed by atoms with E-state index in [-0.39, 0.29) is 17.8 Å². The Bertz CT molecular complexity index is 447. The molecule has 4 heteroatoms. The number of benzene rings is 1. The molecule has 1 aliphatic rings. The normalized spacial score (nSPS) is 19.4. The van der Waals surface area contributed by atoms with Gasteiger partial charge in [0.1, 0.15) is 11.9 Å². The van der Waals surface area contributed by atoms with Crippen molar-refractivity contribution in [3.8, 4) is 0 Å². The van der Waals surface area contributed by atoms with Gasteiger partial charge in [-0.05, 0) is 43.9 Å². The number of fused-ring (bicyclic) bond motifs is 1. The zero-order chi connectivity index (χ0) is 13.1. The van der Waals surface area contributed by atoms with Gasteiger partial charge in [-0.25, -0.2) is 4.39 Å². The number of carbonyl (C=O) groups is 1. The van der Waals surface area contributed by atoms with Crippen LogP contribution in [0.1, 0.15) is 37.4 Å². The van der Waals surface area contributed by atoms with Crippen LogP contribution in [0.2, 0.25) is 0 Å². The zero-order valence-electron chi connectivity index (χ0n) is 10.7. The van der Waals surface area contributed by atoms with E-state index in [1.807, 2.05) is 13.0 Å². The molecule has 1 N–H and O–H groups in total. The van der Waals surface area contributed by atoms with Crippen molar-refractivity contribution in [2.75, 3.05) is 6.61 Å². The van der Waals surface area contributed by atoms with Crippen molar-refractivity contribution >= 4 is 5.91 Å². The minimum Gasteiger partial charge on any atom is -0.369 e. The summed E-state index contributed by atoms with van der Waals surface area (Å²) in [6, 6.07) is 4.93. The molecule has 0 bridgehead atoms. The van der Waals surface area contributed by atoms with Crippen LogP contribution in [0.25, 0.3) is 0 Å². The quantitative estimate of drug-likeness (QED) is 0.892. The molecule has 98 valence electrons. The van der Waals surface area contributed by atoms with E-state index in [1.54, 1.807) is 13.0 Å². The maximum Gasteiger partial charge on any atom is 0.249 e. The topological polar surface area (TPSA) is 38.3 Å². The minimum atomic E-state index is -0.465. The molecule has 0 aliphatic heterocycles. The smallest absolute Gasteiger partial charge is 0.249 e. The van der Waals surface area contributed by atoms with Crippen LogP contribution >= 0.6 is 0 Å². The fraction of sp³-hybridized carbons (Fsp3) is 0.500. The van der Waals surface area contributed by atoms with E-state index in [1.165, 1.54) is 6.07 Å². The van der Waals surface area contributed by atoms with E-state index >= 15 is 0 Å². The Labute approximate surface area is 106 Å². The lowest BCUT2D eigenvalue weighted by atomic mass is 10.1. The number of carbonyl (C=O) groups excluding carboxylic acids is 1. The molecule has 1 aliphatic carbocycles. The number of hydrogen-bond acceptors (Lipinski definition) is 2. The van der Waals surface area contributed by atoms with Gasteiger partial charge in [-0.3, -0.25) is 4.79 Å². The highest BCUT2D eigenvalue weighted by Gasteiger charge is 2.27. The summed E-state index contributed by atoms with van der Waals surface area (Å²) in [5.41, 5.74) is 1.62. The summed E-state index contributed by atoms with van der Waals surface area (Å²) >= 11 is 0. The number of rotatable bonds is 4. The Kier molecular flexibility index (Phi) is 3.97. The fourth-order valence-electron chi connectivity index (χ4n) is 2.37. The van der Waals surface area contributed by atoms with Crippen molar-refractivity contribution in [3.63, 3.8) is 0 Å². The van der Waals surface area contributed by atoms with Gasteiger partial charge in [0.25, 0.3) is 0 Å². The Hall–Kier alpha value is -1.42. The Morgan fingerprint density at radius 3 is 3.11 bits per heavy atom. The first-order chi connectivity index (χ1) is 8.63. The van der Waals surface area contributed by atoms with E-state index in [0.717, 1.165) is 17.5 Å². The molecule has 0 fully saturated rings. The van der Waals surface area contributed by atoms with Gasteiger partial charge < -0.3 is 10.1 Å². The lowest BCUT2D eigenvalue weighted by Crippen LogP contribution is -2.36. The molecule has 1 aromatic carbocycles. The van der Waals surface area contributed by atoms with Crippen molar-refractivity contribution in [1.29, 1.82) is 0 Å². The van der Waals surface area contributed by atoms with Crippen LogP contribution in [-0.4, -0.2) is 18.6 Å². The molecular weight excluding hydrogens is 233 g/mol. The third-order valence-corrected chi connectivity index (χ3v) is 3.32. The fourth-order valence-corrected chi connectivity index (χ4v) is 2.37. The van der Waals surface area contributed by atoms with Crippen LogP contribution in [0.5, 0.6) is 0 Å². The molecule has 0 saturated heterocycles. The van der Waals surface area contributed by atoms with Gasteiger partial charge >= 0.3 is 0 Å². The molecular formula is C14H18FNO2. The second-order valence-corrected chi connectivity index (χ2v) is 4.51. The van der Waals surface area contributed by atoms with Crippen LogP contribution in [0.4, 0.5) is 4.39 Å². The van der Waals surface area contributed by atoms with Crippen molar-refractivity contribution in [2.24, 2.45) is 0 Å². The lowest BCUT2D eigenvalue weighted by Gasteiger charge is -2.17. The summed E-state index contributed by atoms with van der Waals surface area (Å²) in [6.45, 7) is 4.08. The second-order valence-electron chi connectivity index (χ2n) is 4.51. The first-order valence-electron chi connectivity index (χ1n) is 6.32. The number of amides is 1. The summed E-state index contributed by atoms with van der Waals surface area (Å²) in [5.74, 6) is -0.318.